The first-order valence-corrected chi connectivity index (χ1v) is 13.6. The van der Waals surface area contributed by atoms with E-state index in [1.54, 1.807) is 4.31 Å². The molecule has 0 spiro atoms. The van der Waals surface area contributed by atoms with E-state index in [1.807, 2.05) is 11.8 Å². The lowest BCUT2D eigenvalue weighted by Crippen LogP contribution is -2.48. The molecule has 0 atom stereocenters. The average molecular weight is 461 g/mol. The van der Waals surface area contributed by atoms with Crippen LogP contribution in [-0.4, -0.2) is 58.2 Å². The Bertz CT molecular complexity index is 1090. The maximum absolute atomic E-state index is 11.8. The molecule has 0 radical (unpaired) electrons. The predicted octanol–water partition coefficient (Wildman–Crippen LogP) is 4.44. The van der Waals surface area contributed by atoms with E-state index in [4.69, 9.17) is 0 Å². The van der Waals surface area contributed by atoms with Crippen LogP contribution in [0.5, 0.6) is 0 Å². The van der Waals surface area contributed by atoms with E-state index in [0.717, 1.165) is 13.1 Å². The minimum absolute atomic E-state index is 0.537. The highest BCUT2D eigenvalue weighted by Crippen LogP contribution is 2.49. The second kappa shape index (κ2) is 8.56. The third-order valence-electron chi connectivity index (χ3n) is 6.24. The highest BCUT2D eigenvalue weighted by Gasteiger charge is 2.26. The number of benzene rings is 2. The summed E-state index contributed by atoms with van der Waals surface area (Å²) in [7, 11) is -3.12. The van der Waals surface area contributed by atoms with E-state index in [9.17, 15) is 8.42 Å². The summed E-state index contributed by atoms with van der Waals surface area (Å²) in [6, 6.07) is 9.03. The van der Waals surface area contributed by atoms with Crippen LogP contribution in [0.4, 0.5) is 22.7 Å². The minimum Gasteiger partial charge on any atom is -0.372 e. The Morgan fingerprint density at radius 2 is 1.52 bits per heavy atom. The second-order valence-corrected chi connectivity index (χ2v) is 11.4. The van der Waals surface area contributed by atoms with Gasteiger partial charge in [0, 0.05) is 60.4 Å². The van der Waals surface area contributed by atoms with Crippen molar-refractivity contribution >= 4 is 44.5 Å². The SMILES string of the molecule is CCN(CC)c1cc(C)c2c(c1)Sc1cc(N3CCN(S(C)(=O)=O)CC3)cc(C)c1N2. The van der Waals surface area contributed by atoms with Crippen molar-refractivity contribution in [3.05, 3.63) is 35.4 Å². The second-order valence-electron chi connectivity index (χ2n) is 8.32. The van der Waals surface area contributed by atoms with Gasteiger partial charge < -0.3 is 15.1 Å². The molecule has 1 fully saturated rings. The number of fused-ring (bicyclic) bond motifs is 2. The van der Waals surface area contributed by atoms with Crippen LogP contribution in [0.2, 0.25) is 0 Å². The van der Waals surface area contributed by atoms with E-state index in [-0.39, 0.29) is 0 Å². The van der Waals surface area contributed by atoms with Gasteiger partial charge in [0.05, 0.1) is 17.6 Å². The summed E-state index contributed by atoms with van der Waals surface area (Å²) in [6.45, 7) is 13.2. The molecule has 0 aromatic heterocycles. The monoisotopic (exact) mass is 460 g/mol. The van der Waals surface area contributed by atoms with Gasteiger partial charge in [0.15, 0.2) is 0 Å². The predicted molar refractivity (Wildman–Crippen MR) is 132 cm³/mol. The van der Waals surface area contributed by atoms with Crippen LogP contribution >= 0.6 is 11.8 Å². The Kier molecular flexibility index (Phi) is 6.16. The summed E-state index contributed by atoms with van der Waals surface area (Å²) in [6.07, 6.45) is 1.29. The zero-order chi connectivity index (χ0) is 22.3. The molecule has 2 aliphatic rings. The van der Waals surface area contributed by atoms with Crippen LogP contribution in [0.3, 0.4) is 0 Å². The lowest BCUT2D eigenvalue weighted by Gasteiger charge is -2.36. The quantitative estimate of drug-likeness (QED) is 0.608. The fraction of sp³-hybridized carbons (Fsp3) is 0.478. The van der Waals surface area contributed by atoms with Gasteiger partial charge in [0.1, 0.15) is 0 Å². The average Bonchev–Trinajstić information content (AvgIpc) is 2.73. The van der Waals surface area contributed by atoms with Gasteiger partial charge in [-0.05, 0) is 63.1 Å². The number of rotatable bonds is 5. The van der Waals surface area contributed by atoms with Crippen molar-refractivity contribution in [2.45, 2.75) is 37.5 Å². The topological polar surface area (TPSA) is 55.9 Å². The molecule has 1 N–H and O–H groups in total. The van der Waals surface area contributed by atoms with Gasteiger partial charge in [-0.1, -0.05) is 11.8 Å². The molecule has 1 saturated heterocycles. The van der Waals surface area contributed by atoms with Crippen molar-refractivity contribution < 1.29 is 8.42 Å². The number of nitrogens with one attached hydrogen (secondary N) is 1. The molecule has 0 unspecified atom stereocenters. The Labute approximate surface area is 190 Å². The van der Waals surface area contributed by atoms with Crippen LogP contribution in [-0.2, 0) is 10.0 Å². The largest absolute Gasteiger partial charge is 0.372 e. The molecule has 0 aliphatic carbocycles. The minimum atomic E-state index is -3.12. The van der Waals surface area contributed by atoms with Crippen molar-refractivity contribution in [2.24, 2.45) is 0 Å². The van der Waals surface area contributed by atoms with Crippen molar-refractivity contribution in [2.75, 3.05) is 60.6 Å². The first kappa shape index (κ1) is 22.3. The Hall–Kier alpha value is -1.90. The zero-order valence-corrected chi connectivity index (χ0v) is 20.7. The fourth-order valence-corrected chi connectivity index (χ4v) is 6.48. The molecular formula is C23H32N4O2S2. The number of anilines is 4. The third-order valence-corrected chi connectivity index (χ3v) is 8.63. The first-order chi connectivity index (χ1) is 14.7. The highest BCUT2D eigenvalue weighted by atomic mass is 32.2. The number of hydrogen-bond acceptors (Lipinski definition) is 6. The Balaban J connectivity index is 1.62. The van der Waals surface area contributed by atoms with Gasteiger partial charge in [-0.2, -0.15) is 4.31 Å². The summed E-state index contributed by atoms with van der Waals surface area (Å²) in [5.74, 6) is 0. The van der Waals surface area contributed by atoms with Crippen LogP contribution in [0, 0.1) is 13.8 Å². The Morgan fingerprint density at radius 3 is 2.10 bits per heavy atom. The molecule has 2 aromatic rings. The normalized spacial score (nSPS) is 16.5. The van der Waals surface area contributed by atoms with Crippen molar-refractivity contribution in [1.29, 1.82) is 0 Å². The van der Waals surface area contributed by atoms with E-state index in [1.165, 1.54) is 49.9 Å². The number of aryl methyl sites for hydroxylation is 2. The number of sulfonamides is 1. The van der Waals surface area contributed by atoms with Crippen LogP contribution in [0.1, 0.15) is 25.0 Å². The third kappa shape index (κ3) is 4.38. The van der Waals surface area contributed by atoms with Crippen LogP contribution < -0.4 is 15.1 Å². The molecule has 2 aliphatic heterocycles. The molecule has 8 heteroatoms. The Morgan fingerprint density at radius 1 is 0.935 bits per heavy atom. The molecule has 0 bridgehead atoms. The van der Waals surface area contributed by atoms with Crippen LogP contribution in [0.25, 0.3) is 0 Å². The van der Waals surface area contributed by atoms with Gasteiger partial charge in [-0.3, -0.25) is 0 Å². The summed E-state index contributed by atoms with van der Waals surface area (Å²) in [5.41, 5.74) is 7.28. The van der Waals surface area contributed by atoms with Crippen molar-refractivity contribution in [1.82, 2.24) is 4.31 Å². The van der Waals surface area contributed by atoms with Gasteiger partial charge in [-0.25, -0.2) is 8.42 Å². The van der Waals surface area contributed by atoms with Crippen molar-refractivity contribution in [3.63, 3.8) is 0 Å². The summed E-state index contributed by atoms with van der Waals surface area (Å²) >= 11 is 1.82. The molecule has 6 nitrogen and oxygen atoms in total. The first-order valence-electron chi connectivity index (χ1n) is 10.9. The van der Waals surface area contributed by atoms with Gasteiger partial charge in [0.25, 0.3) is 0 Å². The summed E-state index contributed by atoms with van der Waals surface area (Å²) < 4.78 is 25.2. The number of nitrogens with zero attached hydrogens (tertiary/aromatic N) is 3. The number of piperazine rings is 1. The molecular weight excluding hydrogens is 428 g/mol. The molecule has 0 saturated carbocycles. The molecule has 168 valence electrons. The summed E-state index contributed by atoms with van der Waals surface area (Å²) in [5, 5.41) is 3.69. The lowest BCUT2D eigenvalue weighted by atomic mass is 10.1. The lowest BCUT2D eigenvalue weighted by molar-refractivity contribution is 0.388. The van der Waals surface area contributed by atoms with Gasteiger partial charge in [-0.15, -0.1) is 0 Å². The van der Waals surface area contributed by atoms with E-state index in [0.29, 0.717) is 26.2 Å². The smallest absolute Gasteiger partial charge is 0.211 e. The van der Waals surface area contributed by atoms with Crippen molar-refractivity contribution in [3.8, 4) is 0 Å². The highest BCUT2D eigenvalue weighted by molar-refractivity contribution is 7.99. The van der Waals surface area contributed by atoms with Crippen LogP contribution in [0.15, 0.2) is 34.1 Å². The number of hydrogen-bond donors (Lipinski definition) is 1. The van der Waals surface area contributed by atoms with Gasteiger partial charge >= 0.3 is 0 Å². The van der Waals surface area contributed by atoms with E-state index < -0.39 is 10.0 Å². The molecule has 4 rings (SSSR count). The standard InChI is InChI=1S/C23H32N4O2S2/c1-6-25(7-2)18-12-16(3)22-20(14-18)30-21-15-19(13-17(4)23(21)24-22)26-8-10-27(11-9-26)31(5,28)29/h12-15,24H,6-11H2,1-5H3. The van der Waals surface area contributed by atoms with E-state index in [2.05, 4.69) is 67.1 Å². The van der Waals surface area contributed by atoms with E-state index >= 15 is 0 Å². The summed E-state index contributed by atoms with van der Waals surface area (Å²) in [4.78, 5) is 7.16. The maximum atomic E-state index is 11.8. The molecule has 2 aromatic carbocycles. The zero-order valence-electron chi connectivity index (χ0n) is 19.0. The van der Waals surface area contributed by atoms with Gasteiger partial charge in [0.2, 0.25) is 10.0 Å². The molecule has 31 heavy (non-hydrogen) atoms. The maximum Gasteiger partial charge on any atom is 0.211 e. The molecule has 0 amide bonds. The fourth-order valence-electron chi connectivity index (χ4n) is 4.43. The molecule has 2 heterocycles.